The van der Waals surface area contributed by atoms with E-state index in [0.717, 1.165) is 32.7 Å². The summed E-state index contributed by atoms with van der Waals surface area (Å²) in [4.78, 5) is 4.94. The second-order valence-corrected chi connectivity index (χ2v) is 8.98. The lowest BCUT2D eigenvalue weighted by atomic mass is 10.1. The van der Waals surface area contributed by atoms with Crippen molar-refractivity contribution in [2.24, 2.45) is 5.92 Å². The highest BCUT2D eigenvalue weighted by Gasteiger charge is 2.19. The molecule has 0 radical (unpaired) electrons. The third-order valence-electron chi connectivity index (χ3n) is 4.22. The van der Waals surface area contributed by atoms with Crippen LogP contribution >= 0.6 is 15.9 Å². The molecule has 1 fully saturated rings. The Balaban J connectivity index is 1.88. The molecule has 2 rings (SSSR count). The Hall–Kier alpha value is -0.670. The maximum absolute atomic E-state index is 12.4. The number of sulfonamides is 1. The molecule has 136 valence electrons. The van der Waals surface area contributed by atoms with Crippen LogP contribution in [0.15, 0.2) is 27.6 Å². The van der Waals surface area contributed by atoms with Gasteiger partial charge in [0.25, 0.3) is 0 Å². The minimum atomic E-state index is -3.51. The molecule has 1 N–H and O–H groups in total. The Morgan fingerprint density at radius 3 is 2.54 bits per heavy atom. The van der Waals surface area contributed by atoms with Gasteiger partial charge in [-0.25, -0.2) is 13.1 Å². The Kier molecular flexibility index (Phi) is 7.06. The van der Waals surface area contributed by atoms with E-state index in [1.807, 2.05) is 0 Å². The van der Waals surface area contributed by atoms with Gasteiger partial charge in [-0.15, -0.1) is 0 Å². The fourth-order valence-corrected chi connectivity index (χ4v) is 4.57. The molecule has 0 spiro atoms. The van der Waals surface area contributed by atoms with Gasteiger partial charge in [0, 0.05) is 39.3 Å². The molecule has 1 aromatic carbocycles. The average molecular weight is 420 g/mol. The van der Waals surface area contributed by atoms with Gasteiger partial charge in [0.2, 0.25) is 10.0 Å². The fourth-order valence-electron chi connectivity index (χ4n) is 2.69. The summed E-state index contributed by atoms with van der Waals surface area (Å²) in [7, 11) is 0.160. The number of likely N-dealkylation sites (N-methyl/N-ethyl adjacent to an activating group) is 1. The molecule has 0 aliphatic carbocycles. The highest BCUT2D eigenvalue weighted by Crippen LogP contribution is 2.27. The van der Waals surface area contributed by atoms with Gasteiger partial charge in [0.15, 0.2) is 0 Å². The first-order chi connectivity index (χ1) is 11.3. The van der Waals surface area contributed by atoms with Crippen LogP contribution in [0.25, 0.3) is 0 Å². The van der Waals surface area contributed by atoms with Crippen LogP contribution < -0.4 is 9.46 Å². The van der Waals surface area contributed by atoms with E-state index in [4.69, 9.17) is 4.74 Å². The summed E-state index contributed by atoms with van der Waals surface area (Å²) in [6, 6.07) is 4.76. The van der Waals surface area contributed by atoms with Crippen LogP contribution in [0.5, 0.6) is 5.75 Å². The van der Waals surface area contributed by atoms with Crippen molar-refractivity contribution in [2.45, 2.75) is 11.8 Å². The topological polar surface area (TPSA) is 61.9 Å². The zero-order valence-corrected chi connectivity index (χ0v) is 16.9. The van der Waals surface area contributed by atoms with E-state index in [1.165, 1.54) is 0 Å². The average Bonchev–Trinajstić information content (AvgIpc) is 2.55. The lowest BCUT2D eigenvalue weighted by molar-refractivity contribution is 0.139. The number of halogens is 1. The molecule has 0 bridgehead atoms. The van der Waals surface area contributed by atoms with Crippen molar-refractivity contribution in [3.63, 3.8) is 0 Å². The molecular formula is C16H26BrN3O3S. The van der Waals surface area contributed by atoms with Gasteiger partial charge in [-0.1, -0.05) is 6.92 Å². The largest absolute Gasteiger partial charge is 0.496 e. The van der Waals surface area contributed by atoms with Gasteiger partial charge in [0.05, 0.1) is 16.5 Å². The lowest BCUT2D eigenvalue weighted by Gasteiger charge is -2.33. The molecule has 24 heavy (non-hydrogen) atoms. The second kappa shape index (κ2) is 8.62. The highest BCUT2D eigenvalue weighted by molar-refractivity contribution is 9.10. The number of benzene rings is 1. The lowest BCUT2D eigenvalue weighted by Crippen LogP contribution is -2.46. The van der Waals surface area contributed by atoms with Gasteiger partial charge in [-0.05, 0) is 47.1 Å². The molecule has 1 aliphatic rings. The number of nitrogens with zero attached hydrogens (tertiary/aromatic N) is 2. The monoisotopic (exact) mass is 419 g/mol. The maximum Gasteiger partial charge on any atom is 0.240 e. The summed E-state index contributed by atoms with van der Waals surface area (Å²) < 4.78 is 33.3. The Bertz CT molecular complexity index is 646. The molecule has 6 nitrogen and oxygen atoms in total. The van der Waals surface area contributed by atoms with E-state index >= 15 is 0 Å². The number of hydrogen-bond donors (Lipinski definition) is 1. The van der Waals surface area contributed by atoms with Crippen LogP contribution in [0.1, 0.15) is 6.92 Å². The first-order valence-corrected chi connectivity index (χ1v) is 10.3. The first-order valence-electron chi connectivity index (χ1n) is 8.06. The normalized spacial score (nSPS) is 18.5. The number of hydrogen-bond acceptors (Lipinski definition) is 5. The van der Waals surface area contributed by atoms with Crippen molar-refractivity contribution < 1.29 is 13.2 Å². The second-order valence-electron chi connectivity index (χ2n) is 6.36. The summed E-state index contributed by atoms with van der Waals surface area (Å²) >= 11 is 3.32. The molecule has 0 aromatic heterocycles. The van der Waals surface area contributed by atoms with E-state index < -0.39 is 10.0 Å². The van der Waals surface area contributed by atoms with Crippen LogP contribution in [0.3, 0.4) is 0 Å². The molecule has 0 saturated carbocycles. The molecule has 8 heteroatoms. The van der Waals surface area contributed by atoms with Crippen LogP contribution in [-0.4, -0.2) is 71.6 Å². The molecular weight excluding hydrogens is 394 g/mol. The number of ether oxygens (including phenoxy) is 1. The number of nitrogens with one attached hydrogen (secondary N) is 1. The van der Waals surface area contributed by atoms with Crippen molar-refractivity contribution in [3.8, 4) is 5.75 Å². The van der Waals surface area contributed by atoms with Crippen molar-refractivity contribution >= 4 is 26.0 Å². The molecule has 1 atom stereocenters. The van der Waals surface area contributed by atoms with Gasteiger partial charge < -0.3 is 14.5 Å². The van der Waals surface area contributed by atoms with Crippen molar-refractivity contribution in [1.29, 1.82) is 0 Å². The van der Waals surface area contributed by atoms with Crippen molar-refractivity contribution in [1.82, 2.24) is 14.5 Å². The summed E-state index contributed by atoms with van der Waals surface area (Å²) in [5, 5.41) is 0. The van der Waals surface area contributed by atoms with Crippen LogP contribution in [0.2, 0.25) is 0 Å². The minimum Gasteiger partial charge on any atom is -0.496 e. The Labute approximate surface area is 153 Å². The zero-order valence-electron chi connectivity index (χ0n) is 14.5. The molecule has 1 unspecified atom stereocenters. The van der Waals surface area contributed by atoms with Crippen LogP contribution in [0.4, 0.5) is 0 Å². The van der Waals surface area contributed by atoms with Crippen LogP contribution in [-0.2, 0) is 10.0 Å². The van der Waals surface area contributed by atoms with Crippen molar-refractivity contribution in [2.75, 3.05) is 53.4 Å². The van der Waals surface area contributed by atoms with Gasteiger partial charge in [0.1, 0.15) is 5.75 Å². The number of piperazine rings is 1. The Morgan fingerprint density at radius 2 is 1.96 bits per heavy atom. The molecule has 1 saturated heterocycles. The Morgan fingerprint density at radius 1 is 1.29 bits per heavy atom. The highest BCUT2D eigenvalue weighted by atomic mass is 79.9. The fraction of sp³-hybridized carbons (Fsp3) is 0.625. The predicted octanol–water partition coefficient (Wildman–Crippen LogP) is 1.62. The van der Waals surface area contributed by atoms with E-state index in [9.17, 15) is 8.42 Å². The van der Waals surface area contributed by atoms with E-state index in [0.29, 0.717) is 16.8 Å². The van der Waals surface area contributed by atoms with Gasteiger partial charge in [-0.3, -0.25) is 0 Å². The first kappa shape index (κ1) is 19.7. The number of rotatable bonds is 7. The summed E-state index contributed by atoms with van der Waals surface area (Å²) in [5.41, 5.74) is 0. The smallest absolute Gasteiger partial charge is 0.240 e. The molecule has 1 heterocycles. The molecule has 1 aromatic rings. The maximum atomic E-state index is 12.4. The standard InChI is InChI=1S/C16H26BrN3O3S/c1-13(12-20-8-6-19(2)7-9-20)11-18-24(21,22)14-4-5-16(23-3)15(17)10-14/h4-5,10,13,18H,6-9,11-12H2,1-3H3. The third kappa shape index (κ3) is 5.42. The van der Waals surface area contributed by atoms with E-state index in [-0.39, 0.29) is 10.8 Å². The quantitative estimate of drug-likeness (QED) is 0.727. The number of methoxy groups -OCH3 is 1. The zero-order chi connectivity index (χ0) is 17.7. The van der Waals surface area contributed by atoms with Crippen molar-refractivity contribution in [3.05, 3.63) is 22.7 Å². The van der Waals surface area contributed by atoms with Gasteiger partial charge in [-0.2, -0.15) is 0 Å². The van der Waals surface area contributed by atoms with Gasteiger partial charge >= 0.3 is 0 Å². The summed E-state index contributed by atoms with van der Waals surface area (Å²) in [6.07, 6.45) is 0. The van der Waals surface area contributed by atoms with E-state index in [1.54, 1.807) is 25.3 Å². The van der Waals surface area contributed by atoms with E-state index in [2.05, 4.69) is 44.4 Å². The SMILES string of the molecule is COc1ccc(S(=O)(=O)NCC(C)CN2CCN(C)CC2)cc1Br. The predicted molar refractivity (Wildman–Crippen MR) is 99.0 cm³/mol. The summed E-state index contributed by atoms with van der Waals surface area (Å²) in [6.45, 7) is 7.63. The third-order valence-corrected chi connectivity index (χ3v) is 6.26. The van der Waals surface area contributed by atoms with Crippen LogP contribution in [0, 0.1) is 5.92 Å². The summed E-state index contributed by atoms with van der Waals surface area (Å²) in [5.74, 6) is 0.863. The molecule has 0 amide bonds. The minimum absolute atomic E-state index is 0.238. The molecule has 1 aliphatic heterocycles.